The van der Waals surface area contributed by atoms with Gasteiger partial charge in [-0.05, 0) is 25.7 Å². The molecule has 0 spiro atoms. The van der Waals surface area contributed by atoms with E-state index in [9.17, 15) is 9.59 Å². The van der Waals surface area contributed by atoms with Crippen molar-refractivity contribution in [3.63, 3.8) is 0 Å². The van der Waals surface area contributed by atoms with E-state index in [0.29, 0.717) is 5.78 Å². The summed E-state index contributed by atoms with van der Waals surface area (Å²) in [5.74, 6) is 0.297. The molecule has 0 bridgehead atoms. The number of fused-ring (bicyclic) bond motifs is 1. The highest BCUT2D eigenvalue weighted by atomic mass is 16.5. The second kappa shape index (κ2) is 4.89. The fourth-order valence-electron chi connectivity index (χ4n) is 3.82. The summed E-state index contributed by atoms with van der Waals surface area (Å²) in [6.07, 6.45) is 3.24. The summed E-state index contributed by atoms with van der Waals surface area (Å²) in [5.41, 5.74) is 0. The van der Waals surface area contributed by atoms with Gasteiger partial charge in [0.05, 0.1) is 12.0 Å². The van der Waals surface area contributed by atoms with Gasteiger partial charge in [-0.15, -0.1) is 0 Å². The van der Waals surface area contributed by atoms with Crippen LogP contribution in [0, 0.1) is 23.7 Å². The number of carbonyl (C=O) groups excluding carboxylic acids is 2. The van der Waals surface area contributed by atoms with Crippen molar-refractivity contribution in [1.82, 2.24) is 0 Å². The van der Waals surface area contributed by atoms with Gasteiger partial charge in [0.15, 0.2) is 0 Å². The smallest absolute Gasteiger partial charge is 0.143 e. The molecule has 5 unspecified atom stereocenters. The molecular weight excluding hydrogens is 216 g/mol. The Bertz CT molecular complexity index is 323. The molecule has 0 amide bonds. The third-order valence-electron chi connectivity index (χ3n) is 4.69. The molecule has 2 aliphatic rings. The molecule has 17 heavy (non-hydrogen) atoms. The number of ketones is 2. The molecule has 0 N–H and O–H groups in total. The summed E-state index contributed by atoms with van der Waals surface area (Å²) in [6, 6.07) is 0. The van der Waals surface area contributed by atoms with Crippen molar-refractivity contribution in [2.24, 2.45) is 23.7 Å². The predicted octanol–water partition coefficient (Wildman–Crippen LogP) is 2.23. The highest BCUT2D eigenvalue weighted by molar-refractivity contribution is 6.00. The zero-order valence-electron chi connectivity index (χ0n) is 10.9. The summed E-state index contributed by atoms with van der Waals surface area (Å²) in [5, 5.41) is 0. The van der Waals surface area contributed by atoms with Crippen LogP contribution in [-0.2, 0) is 14.3 Å². The van der Waals surface area contributed by atoms with Crippen LogP contribution in [0.3, 0.4) is 0 Å². The number of Topliss-reactive ketones (excluding diaryl/α,β-unsaturated/α-hetero) is 2. The van der Waals surface area contributed by atoms with Crippen LogP contribution in [0.2, 0.25) is 0 Å². The minimum Gasteiger partial charge on any atom is -0.381 e. The van der Waals surface area contributed by atoms with Gasteiger partial charge in [-0.1, -0.05) is 13.8 Å². The van der Waals surface area contributed by atoms with Gasteiger partial charge in [0, 0.05) is 24.9 Å². The maximum absolute atomic E-state index is 12.5. The van der Waals surface area contributed by atoms with E-state index in [1.165, 1.54) is 0 Å². The average Bonchev–Trinajstić information content (AvgIpc) is 2.77. The van der Waals surface area contributed by atoms with E-state index in [-0.39, 0.29) is 35.6 Å². The lowest BCUT2D eigenvalue weighted by atomic mass is 9.65. The standard InChI is InChI=1S/C14H22O3/c1-4-8-9(5-2)14(16)12-10(13(8)15)6-7-11(12)17-3/h8-12H,4-7H2,1-3H3. The van der Waals surface area contributed by atoms with Gasteiger partial charge in [0.2, 0.25) is 0 Å². The first kappa shape index (κ1) is 12.7. The fraction of sp³-hybridized carbons (Fsp3) is 0.857. The molecule has 0 aliphatic heterocycles. The minimum absolute atomic E-state index is 0.0247. The van der Waals surface area contributed by atoms with Gasteiger partial charge >= 0.3 is 0 Å². The zero-order valence-corrected chi connectivity index (χ0v) is 10.9. The van der Waals surface area contributed by atoms with Crippen LogP contribution >= 0.6 is 0 Å². The Morgan fingerprint density at radius 1 is 1.06 bits per heavy atom. The number of hydrogen-bond donors (Lipinski definition) is 0. The molecule has 0 saturated heterocycles. The molecule has 2 fully saturated rings. The lowest BCUT2D eigenvalue weighted by molar-refractivity contribution is -0.149. The van der Waals surface area contributed by atoms with Crippen molar-refractivity contribution in [3.8, 4) is 0 Å². The number of ether oxygens (including phenoxy) is 1. The van der Waals surface area contributed by atoms with Crippen LogP contribution in [0.15, 0.2) is 0 Å². The van der Waals surface area contributed by atoms with Gasteiger partial charge in [0.25, 0.3) is 0 Å². The van der Waals surface area contributed by atoms with Crippen molar-refractivity contribution < 1.29 is 14.3 Å². The number of hydrogen-bond acceptors (Lipinski definition) is 3. The van der Waals surface area contributed by atoms with Crippen LogP contribution in [0.5, 0.6) is 0 Å². The summed E-state index contributed by atoms with van der Waals surface area (Å²) in [6.45, 7) is 4.02. The number of carbonyl (C=O) groups is 2. The zero-order chi connectivity index (χ0) is 12.6. The first-order valence-corrected chi connectivity index (χ1v) is 6.75. The second-order valence-corrected chi connectivity index (χ2v) is 5.32. The topological polar surface area (TPSA) is 43.4 Å². The van der Waals surface area contributed by atoms with E-state index in [4.69, 9.17) is 4.74 Å². The summed E-state index contributed by atoms with van der Waals surface area (Å²) in [7, 11) is 1.65. The van der Waals surface area contributed by atoms with Crippen molar-refractivity contribution in [3.05, 3.63) is 0 Å². The third kappa shape index (κ3) is 1.85. The average molecular weight is 238 g/mol. The third-order valence-corrected chi connectivity index (χ3v) is 4.69. The van der Waals surface area contributed by atoms with E-state index in [0.717, 1.165) is 25.7 Å². The molecule has 0 aromatic rings. The van der Waals surface area contributed by atoms with Crippen LogP contribution < -0.4 is 0 Å². The summed E-state index contributed by atoms with van der Waals surface area (Å²) >= 11 is 0. The molecule has 96 valence electrons. The Morgan fingerprint density at radius 3 is 2.18 bits per heavy atom. The highest BCUT2D eigenvalue weighted by Crippen LogP contribution is 2.45. The Hall–Kier alpha value is -0.700. The Balaban J connectivity index is 2.30. The molecule has 0 radical (unpaired) electrons. The maximum atomic E-state index is 12.5. The molecule has 0 aromatic carbocycles. The van der Waals surface area contributed by atoms with Gasteiger partial charge < -0.3 is 4.74 Å². The summed E-state index contributed by atoms with van der Waals surface area (Å²) < 4.78 is 5.39. The van der Waals surface area contributed by atoms with Gasteiger partial charge in [-0.2, -0.15) is 0 Å². The molecule has 0 heterocycles. The van der Waals surface area contributed by atoms with E-state index >= 15 is 0 Å². The van der Waals surface area contributed by atoms with Crippen LogP contribution in [0.25, 0.3) is 0 Å². The van der Waals surface area contributed by atoms with Crippen molar-refractivity contribution in [2.75, 3.05) is 7.11 Å². The predicted molar refractivity (Wildman–Crippen MR) is 64.6 cm³/mol. The van der Waals surface area contributed by atoms with E-state index in [1.54, 1.807) is 7.11 Å². The molecule has 3 nitrogen and oxygen atoms in total. The SMILES string of the molecule is CCC1C(=O)C2CCC(OC)C2C(=O)C1CC. The quantitative estimate of drug-likeness (QED) is 0.757. The minimum atomic E-state index is -0.153. The van der Waals surface area contributed by atoms with Crippen LogP contribution in [-0.4, -0.2) is 24.8 Å². The molecule has 5 atom stereocenters. The van der Waals surface area contributed by atoms with E-state index in [1.807, 2.05) is 13.8 Å². The number of methoxy groups -OCH3 is 1. The second-order valence-electron chi connectivity index (χ2n) is 5.32. The van der Waals surface area contributed by atoms with Gasteiger partial charge in [-0.3, -0.25) is 9.59 Å². The first-order chi connectivity index (χ1) is 8.15. The van der Waals surface area contributed by atoms with Crippen molar-refractivity contribution >= 4 is 11.6 Å². The normalized spacial score (nSPS) is 41.7. The first-order valence-electron chi connectivity index (χ1n) is 6.75. The van der Waals surface area contributed by atoms with Crippen LogP contribution in [0.1, 0.15) is 39.5 Å². The van der Waals surface area contributed by atoms with Crippen LogP contribution in [0.4, 0.5) is 0 Å². The largest absolute Gasteiger partial charge is 0.381 e. The lowest BCUT2D eigenvalue weighted by Crippen LogP contribution is -2.48. The highest BCUT2D eigenvalue weighted by Gasteiger charge is 2.53. The van der Waals surface area contributed by atoms with Gasteiger partial charge in [0.1, 0.15) is 11.6 Å². The Morgan fingerprint density at radius 2 is 1.65 bits per heavy atom. The molecule has 0 aromatic heterocycles. The van der Waals surface area contributed by atoms with Crippen molar-refractivity contribution in [2.45, 2.75) is 45.6 Å². The molecule has 2 rings (SSSR count). The maximum Gasteiger partial charge on any atom is 0.143 e. The molecule has 2 saturated carbocycles. The summed E-state index contributed by atoms with van der Waals surface area (Å²) in [4.78, 5) is 24.9. The van der Waals surface area contributed by atoms with E-state index in [2.05, 4.69) is 0 Å². The molecular formula is C14H22O3. The lowest BCUT2D eigenvalue weighted by Gasteiger charge is -2.36. The monoisotopic (exact) mass is 238 g/mol. The van der Waals surface area contributed by atoms with E-state index < -0.39 is 0 Å². The Kier molecular flexibility index (Phi) is 3.67. The fourth-order valence-corrected chi connectivity index (χ4v) is 3.82. The van der Waals surface area contributed by atoms with Gasteiger partial charge in [-0.25, -0.2) is 0 Å². The number of rotatable bonds is 3. The van der Waals surface area contributed by atoms with Crippen molar-refractivity contribution in [1.29, 1.82) is 0 Å². The molecule has 3 heteroatoms. The Labute approximate surface area is 103 Å². The molecule has 2 aliphatic carbocycles.